The molecule has 0 amide bonds. The summed E-state index contributed by atoms with van der Waals surface area (Å²) in [6, 6.07) is 0. The van der Waals surface area contributed by atoms with Gasteiger partial charge in [-0.15, -0.1) is 0 Å². The molecule has 0 bridgehead atoms. The Balaban J connectivity index is 2.75. The molecule has 0 saturated heterocycles. The average Bonchev–Trinajstić information content (AvgIpc) is 1.97. The Labute approximate surface area is 54.8 Å². The van der Waals surface area contributed by atoms with Crippen LogP contribution in [0.15, 0.2) is 28.5 Å². The van der Waals surface area contributed by atoms with E-state index in [1.165, 1.54) is 0 Å². The van der Waals surface area contributed by atoms with E-state index in [0.29, 0.717) is 0 Å². The van der Waals surface area contributed by atoms with Crippen LogP contribution in [0.3, 0.4) is 0 Å². The number of nitrogens with two attached hydrogens (primary N) is 1. The van der Waals surface area contributed by atoms with Crippen LogP contribution >= 0.6 is 0 Å². The molecule has 2 N–H and O–H groups in total. The molecular formula is C7H10N2. The molecule has 1 aliphatic rings. The van der Waals surface area contributed by atoms with E-state index in [1.54, 1.807) is 6.21 Å². The number of hydrogen-bond acceptors (Lipinski definition) is 2. The highest BCUT2D eigenvalue weighted by atomic mass is 14.8. The molecule has 1 aliphatic heterocycles. The van der Waals surface area contributed by atoms with Gasteiger partial charge in [-0.05, 0) is 13.3 Å². The second-order valence-corrected chi connectivity index (χ2v) is 2.04. The largest absolute Gasteiger partial charge is 0.398 e. The van der Waals surface area contributed by atoms with E-state index >= 15 is 0 Å². The van der Waals surface area contributed by atoms with Gasteiger partial charge in [0.25, 0.3) is 0 Å². The minimum atomic E-state index is 0.753. The van der Waals surface area contributed by atoms with Crippen LogP contribution in [0.4, 0.5) is 0 Å². The van der Waals surface area contributed by atoms with Crippen LogP contribution in [0.25, 0.3) is 0 Å². The molecule has 0 aliphatic carbocycles. The van der Waals surface area contributed by atoms with Crippen molar-refractivity contribution in [2.24, 2.45) is 10.7 Å². The quantitative estimate of drug-likeness (QED) is 0.515. The van der Waals surface area contributed by atoms with Crippen LogP contribution in [0, 0.1) is 0 Å². The summed E-state index contributed by atoms with van der Waals surface area (Å²) in [5.41, 5.74) is 7.26. The second kappa shape index (κ2) is 2.49. The molecule has 2 nitrogen and oxygen atoms in total. The Morgan fingerprint density at radius 1 is 1.56 bits per heavy atom. The topological polar surface area (TPSA) is 38.4 Å². The van der Waals surface area contributed by atoms with E-state index in [4.69, 9.17) is 5.73 Å². The van der Waals surface area contributed by atoms with Crippen LogP contribution in [-0.2, 0) is 0 Å². The minimum Gasteiger partial charge on any atom is -0.398 e. The van der Waals surface area contributed by atoms with Crippen LogP contribution in [-0.4, -0.2) is 6.21 Å². The second-order valence-electron chi connectivity index (χ2n) is 2.04. The van der Waals surface area contributed by atoms with E-state index < -0.39 is 0 Å². The van der Waals surface area contributed by atoms with Crippen LogP contribution in [0.5, 0.6) is 0 Å². The Morgan fingerprint density at radius 2 is 2.33 bits per heavy atom. The maximum atomic E-state index is 5.48. The van der Waals surface area contributed by atoms with Crippen LogP contribution in [0.1, 0.15) is 13.3 Å². The van der Waals surface area contributed by atoms with Crippen molar-refractivity contribution in [3.05, 3.63) is 23.5 Å². The van der Waals surface area contributed by atoms with Gasteiger partial charge in [-0.3, -0.25) is 4.99 Å². The smallest absolute Gasteiger partial charge is 0.0497 e. The monoisotopic (exact) mass is 122 g/mol. The first-order valence-electron chi connectivity index (χ1n) is 2.95. The lowest BCUT2D eigenvalue weighted by Crippen LogP contribution is -1.96. The van der Waals surface area contributed by atoms with Crippen molar-refractivity contribution < 1.29 is 0 Å². The fourth-order valence-corrected chi connectivity index (χ4v) is 0.647. The van der Waals surface area contributed by atoms with Crippen molar-refractivity contribution in [1.29, 1.82) is 0 Å². The van der Waals surface area contributed by atoms with Crippen molar-refractivity contribution in [1.82, 2.24) is 0 Å². The predicted molar refractivity (Wildman–Crippen MR) is 39.1 cm³/mol. The summed E-state index contributed by atoms with van der Waals surface area (Å²) < 4.78 is 0. The molecule has 0 atom stereocenters. The standard InChI is InChI=1S/C7H10N2/c1-6-3-2-4-7(8)5-9-6/h3-5H,2,8H2,1H3. The number of nitrogens with zero attached hydrogens (tertiary/aromatic N) is 1. The van der Waals surface area contributed by atoms with Gasteiger partial charge in [0, 0.05) is 17.6 Å². The van der Waals surface area contributed by atoms with Crippen molar-refractivity contribution in [2.45, 2.75) is 13.3 Å². The molecule has 2 heteroatoms. The summed E-state index contributed by atoms with van der Waals surface area (Å²) in [4.78, 5) is 4.05. The Hall–Kier alpha value is -1.05. The highest BCUT2D eigenvalue weighted by molar-refractivity contribution is 5.78. The number of hydrogen-bond donors (Lipinski definition) is 1. The minimum absolute atomic E-state index is 0.753. The molecule has 0 aromatic heterocycles. The maximum absolute atomic E-state index is 5.48. The summed E-state index contributed by atoms with van der Waals surface area (Å²) >= 11 is 0. The SMILES string of the molecule is CC1=CCC=C(N)C=N1. The zero-order valence-electron chi connectivity index (χ0n) is 5.46. The normalized spacial score (nSPS) is 18.3. The highest BCUT2D eigenvalue weighted by Gasteiger charge is 1.88. The Bertz CT molecular complexity index is 167. The first kappa shape index (κ1) is 6.08. The van der Waals surface area contributed by atoms with E-state index in [2.05, 4.69) is 4.99 Å². The van der Waals surface area contributed by atoms with Gasteiger partial charge in [-0.25, -0.2) is 0 Å². The predicted octanol–water partition coefficient (Wildman–Crippen LogP) is 1.21. The fraction of sp³-hybridized carbons (Fsp3) is 0.286. The Morgan fingerprint density at radius 3 is 3.11 bits per heavy atom. The summed E-state index contributed by atoms with van der Waals surface area (Å²) in [5.74, 6) is 0. The van der Waals surface area contributed by atoms with Gasteiger partial charge in [0.15, 0.2) is 0 Å². The molecule has 0 aromatic carbocycles. The molecule has 48 valence electrons. The molecule has 0 unspecified atom stereocenters. The molecule has 0 spiro atoms. The first-order valence-corrected chi connectivity index (χ1v) is 2.95. The molecule has 0 aromatic rings. The fourth-order valence-electron chi connectivity index (χ4n) is 0.647. The molecule has 1 rings (SSSR count). The lowest BCUT2D eigenvalue weighted by molar-refractivity contribution is 1.25. The Kier molecular flexibility index (Phi) is 1.68. The molecule has 0 radical (unpaired) electrons. The van der Waals surface area contributed by atoms with Gasteiger partial charge in [0.2, 0.25) is 0 Å². The lowest BCUT2D eigenvalue weighted by Gasteiger charge is -1.84. The summed E-state index contributed by atoms with van der Waals surface area (Å²) in [7, 11) is 0. The number of aliphatic imine (C=N–C) groups is 1. The van der Waals surface area contributed by atoms with Gasteiger partial charge < -0.3 is 5.73 Å². The molecule has 0 fully saturated rings. The van der Waals surface area contributed by atoms with Gasteiger partial charge >= 0.3 is 0 Å². The third-order valence-electron chi connectivity index (χ3n) is 1.18. The van der Waals surface area contributed by atoms with Crippen LogP contribution < -0.4 is 5.73 Å². The molecule has 0 saturated carbocycles. The first-order chi connectivity index (χ1) is 4.29. The number of allylic oxidation sites excluding steroid dienone is 4. The zero-order chi connectivity index (χ0) is 6.69. The highest BCUT2D eigenvalue weighted by Crippen LogP contribution is 2.02. The van der Waals surface area contributed by atoms with E-state index in [0.717, 1.165) is 17.8 Å². The van der Waals surface area contributed by atoms with Gasteiger partial charge in [-0.2, -0.15) is 0 Å². The summed E-state index contributed by atoms with van der Waals surface area (Å²) in [6.45, 7) is 1.96. The van der Waals surface area contributed by atoms with E-state index in [9.17, 15) is 0 Å². The van der Waals surface area contributed by atoms with E-state index in [-0.39, 0.29) is 0 Å². The van der Waals surface area contributed by atoms with Crippen LogP contribution in [0.2, 0.25) is 0 Å². The summed E-state index contributed by atoms with van der Waals surface area (Å²) in [6.07, 6.45) is 6.56. The molecule has 1 heterocycles. The van der Waals surface area contributed by atoms with Crippen molar-refractivity contribution in [3.8, 4) is 0 Å². The third kappa shape index (κ3) is 1.72. The maximum Gasteiger partial charge on any atom is 0.0497 e. The van der Waals surface area contributed by atoms with E-state index in [1.807, 2.05) is 19.1 Å². The molecular weight excluding hydrogens is 112 g/mol. The van der Waals surface area contributed by atoms with Gasteiger partial charge in [0.1, 0.15) is 0 Å². The van der Waals surface area contributed by atoms with Crippen molar-refractivity contribution >= 4 is 6.21 Å². The zero-order valence-corrected chi connectivity index (χ0v) is 5.46. The van der Waals surface area contributed by atoms with Gasteiger partial charge in [0.05, 0.1) is 0 Å². The number of rotatable bonds is 0. The van der Waals surface area contributed by atoms with Crippen molar-refractivity contribution in [2.75, 3.05) is 0 Å². The van der Waals surface area contributed by atoms with Gasteiger partial charge in [-0.1, -0.05) is 12.2 Å². The molecule has 9 heavy (non-hydrogen) atoms. The summed E-state index contributed by atoms with van der Waals surface area (Å²) in [5, 5.41) is 0. The lowest BCUT2D eigenvalue weighted by atomic mass is 10.3. The van der Waals surface area contributed by atoms with Crippen molar-refractivity contribution in [3.63, 3.8) is 0 Å². The average molecular weight is 122 g/mol. The third-order valence-corrected chi connectivity index (χ3v) is 1.18.